The van der Waals surface area contributed by atoms with Crippen molar-refractivity contribution in [2.24, 2.45) is 29.6 Å². The quantitative estimate of drug-likeness (QED) is 0.473. The third-order valence-corrected chi connectivity index (χ3v) is 8.89. The molecule has 0 saturated heterocycles. The second kappa shape index (κ2) is 6.91. The number of thioether (sulfide) groups is 1. The Labute approximate surface area is 141 Å². The third-order valence-electron chi connectivity index (χ3n) is 7.53. The largest absolute Gasteiger partial charge is 0.130 e. The molecule has 1 aliphatic heterocycles. The fraction of sp³-hybridized carbons (Fsp3) is 0.905. The first kappa shape index (κ1) is 15.6. The SMILES string of the molecule is CC1CCC2CC3CCCCC4CCCC/C4=C/SC3CC12. The smallest absolute Gasteiger partial charge is 0.0120 e. The Morgan fingerprint density at radius 3 is 2.59 bits per heavy atom. The van der Waals surface area contributed by atoms with Crippen LogP contribution in [0.3, 0.4) is 0 Å². The zero-order valence-electron chi connectivity index (χ0n) is 14.4. The van der Waals surface area contributed by atoms with Crippen LogP contribution in [0.2, 0.25) is 0 Å². The molecule has 0 N–H and O–H groups in total. The highest BCUT2D eigenvalue weighted by atomic mass is 32.2. The maximum Gasteiger partial charge on any atom is 0.0120 e. The van der Waals surface area contributed by atoms with Gasteiger partial charge in [-0.15, -0.1) is 11.8 Å². The van der Waals surface area contributed by atoms with Crippen LogP contribution in [0.25, 0.3) is 0 Å². The molecule has 0 bridgehead atoms. The van der Waals surface area contributed by atoms with Gasteiger partial charge in [0, 0.05) is 5.25 Å². The van der Waals surface area contributed by atoms with E-state index >= 15 is 0 Å². The fourth-order valence-electron chi connectivity index (χ4n) is 6.13. The van der Waals surface area contributed by atoms with E-state index in [4.69, 9.17) is 0 Å². The lowest BCUT2D eigenvalue weighted by Crippen LogP contribution is -2.33. The summed E-state index contributed by atoms with van der Waals surface area (Å²) >= 11 is 2.28. The van der Waals surface area contributed by atoms with Gasteiger partial charge >= 0.3 is 0 Å². The maximum absolute atomic E-state index is 2.67. The predicted octanol–water partition coefficient (Wildman–Crippen LogP) is 6.81. The van der Waals surface area contributed by atoms with Crippen LogP contribution in [0, 0.1) is 29.6 Å². The molecule has 0 aromatic heterocycles. The highest BCUT2D eigenvalue weighted by Gasteiger charge is 2.42. The van der Waals surface area contributed by atoms with Crippen LogP contribution >= 0.6 is 11.8 Å². The molecule has 0 aromatic rings. The van der Waals surface area contributed by atoms with Gasteiger partial charge in [-0.3, -0.25) is 0 Å². The molecule has 1 heteroatoms. The average molecular weight is 319 g/mol. The standard InChI is InChI=1S/C21H34S/c1-15-10-11-17-12-18-8-4-2-6-16-7-3-5-9-19(16)14-22-21(18)13-20(15)17/h14-18,20-21H,2-13H2,1H3/b19-14-. The van der Waals surface area contributed by atoms with E-state index in [-0.39, 0.29) is 0 Å². The van der Waals surface area contributed by atoms with Gasteiger partial charge in [-0.1, -0.05) is 38.2 Å². The van der Waals surface area contributed by atoms with E-state index < -0.39 is 0 Å². The highest BCUT2D eigenvalue weighted by Crippen LogP contribution is 2.52. The lowest BCUT2D eigenvalue weighted by molar-refractivity contribution is 0.180. The number of allylic oxidation sites excluding steroid dienone is 1. The molecule has 3 fully saturated rings. The second-order valence-corrected chi connectivity index (χ2v) is 9.92. The zero-order chi connectivity index (χ0) is 14.9. The minimum atomic E-state index is 0.954. The summed E-state index contributed by atoms with van der Waals surface area (Å²) < 4.78 is 0. The molecule has 6 atom stereocenters. The van der Waals surface area contributed by atoms with Gasteiger partial charge in [0.2, 0.25) is 0 Å². The normalized spacial score (nSPS) is 48.5. The molecule has 3 aliphatic carbocycles. The van der Waals surface area contributed by atoms with Crippen molar-refractivity contribution in [2.45, 2.75) is 89.2 Å². The summed E-state index contributed by atoms with van der Waals surface area (Å²) in [4.78, 5) is 0. The summed E-state index contributed by atoms with van der Waals surface area (Å²) in [6.45, 7) is 2.53. The number of rotatable bonds is 0. The topological polar surface area (TPSA) is 0 Å². The highest BCUT2D eigenvalue weighted by molar-refractivity contribution is 8.02. The number of hydrogen-bond acceptors (Lipinski definition) is 1. The number of fused-ring (bicyclic) bond motifs is 3. The first-order valence-corrected chi connectivity index (χ1v) is 11.1. The van der Waals surface area contributed by atoms with Gasteiger partial charge in [0.25, 0.3) is 0 Å². The molecule has 0 radical (unpaired) electrons. The summed E-state index contributed by atoms with van der Waals surface area (Å²) in [5, 5.41) is 3.63. The van der Waals surface area contributed by atoms with E-state index in [2.05, 4.69) is 24.1 Å². The van der Waals surface area contributed by atoms with Gasteiger partial charge in [-0.05, 0) is 86.4 Å². The Morgan fingerprint density at radius 2 is 1.68 bits per heavy atom. The fourth-order valence-corrected chi connectivity index (χ4v) is 7.59. The Kier molecular flexibility index (Phi) is 4.90. The predicted molar refractivity (Wildman–Crippen MR) is 98.0 cm³/mol. The lowest BCUT2D eigenvalue weighted by atomic mass is 9.71. The molecule has 4 rings (SSSR count). The van der Waals surface area contributed by atoms with Gasteiger partial charge in [0.15, 0.2) is 0 Å². The van der Waals surface area contributed by atoms with Crippen LogP contribution in [0.5, 0.6) is 0 Å². The summed E-state index contributed by atoms with van der Waals surface area (Å²) in [5.41, 5.74) is 1.85. The van der Waals surface area contributed by atoms with Crippen LogP contribution in [0.4, 0.5) is 0 Å². The molecule has 1 heterocycles. The molecular weight excluding hydrogens is 284 g/mol. The Balaban J connectivity index is 1.50. The van der Waals surface area contributed by atoms with Crippen LogP contribution < -0.4 is 0 Å². The van der Waals surface area contributed by atoms with E-state index in [0.717, 1.165) is 34.8 Å². The van der Waals surface area contributed by atoms with Gasteiger partial charge < -0.3 is 0 Å². The van der Waals surface area contributed by atoms with E-state index in [1.807, 2.05) is 5.57 Å². The molecule has 0 spiro atoms. The van der Waals surface area contributed by atoms with Crippen molar-refractivity contribution in [3.05, 3.63) is 11.0 Å². The molecule has 0 nitrogen and oxygen atoms in total. The van der Waals surface area contributed by atoms with Crippen LogP contribution in [-0.2, 0) is 0 Å². The maximum atomic E-state index is 2.67. The Bertz CT molecular complexity index is 412. The molecule has 124 valence electrons. The third kappa shape index (κ3) is 3.17. The van der Waals surface area contributed by atoms with Crippen molar-refractivity contribution in [3.63, 3.8) is 0 Å². The first-order valence-electron chi connectivity index (χ1n) is 10.2. The van der Waals surface area contributed by atoms with Crippen molar-refractivity contribution < 1.29 is 0 Å². The minimum Gasteiger partial charge on any atom is -0.130 e. The molecule has 6 unspecified atom stereocenters. The molecule has 22 heavy (non-hydrogen) atoms. The molecule has 0 amide bonds. The average Bonchev–Trinajstić information content (AvgIpc) is 2.91. The van der Waals surface area contributed by atoms with Gasteiger partial charge in [0.05, 0.1) is 0 Å². The van der Waals surface area contributed by atoms with E-state index in [9.17, 15) is 0 Å². The van der Waals surface area contributed by atoms with Gasteiger partial charge in [-0.2, -0.15) is 0 Å². The van der Waals surface area contributed by atoms with Gasteiger partial charge in [0.1, 0.15) is 0 Å². The molecular formula is C21H34S. The van der Waals surface area contributed by atoms with E-state index in [1.165, 1.54) is 64.2 Å². The van der Waals surface area contributed by atoms with E-state index in [0.29, 0.717) is 0 Å². The van der Waals surface area contributed by atoms with Crippen molar-refractivity contribution in [3.8, 4) is 0 Å². The molecule has 3 saturated carbocycles. The summed E-state index contributed by atoms with van der Waals surface area (Å²) in [7, 11) is 0. The van der Waals surface area contributed by atoms with Crippen molar-refractivity contribution >= 4 is 11.8 Å². The summed E-state index contributed by atoms with van der Waals surface area (Å²) in [6.07, 6.45) is 18.1. The van der Waals surface area contributed by atoms with Crippen LogP contribution in [-0.4, -0.2) is 5.25 Å². The summed E-state index contributed by atoms with van der Waals surface area (Å²) in [5.74, 6) is 5.16. The van der Waals surface area contributed by atoms with Crippen molar-refractivity contribution in [1.29, 1.82) is 0 Å². The number of hydrogen-bond donors (Lipinski definition) is 0. The summed E-state index contributed by atoms with van der Waals surface area (Å²) in [6, 6.07) is 0. The van der Waals surface area contributed by atoms with Crippen molar-refractivity contribution in [2.75, 3.05) is 0 Å². The molecule has 0 aromatic carbocycles. The Hall–Kier alpha value is 0.0900. The van der Waals surface area contributed by atoms with Crippen LogP contribution in [0.1, 0.15) is 84.0 Å². The van der Waals surface area contributed by atoms with Gasteiger partial charge in [-0.25, -0.2) is 0 Å². The zero-order valence-corrected chi connectivity index (χ0v) is 15.3. The van der Waals surface area contributed by atoms with Crippen LogP contribution in [0.15, 0.2) is 11.0 Å². The first-order chi connectivity index (χ1) is 10.8. The van der Waals surface area contributed by atoms with Crippen molar-refractivity contribution in [1.82, 2.24) is 0 Å². The Morgan fingerprint density at radius 1 is 0.864 bits per heavy atom. The monoisotopic (exact) mass is 318 g/mol. The minimum absolute atomic E-state index is 0.954. The second-order valence-electron chi connectivity index (χ2n) is 8.80. The molecule has 4 aliphatic rings. The van der Waals surface area contributed by atoms with E-state index in [1.54, 1.807) is 12.8 Å². The lowest BCUT2D eigenvalue weighted by Gasteiger charge is -2.40.